The molecule has 11 amide bonds. The highest BCUT2D eigenvalue weighted by Crippen LogP contribution is 2.04. The lowest BCUT2D eigenvalue weighted by molar-refractivity contribution is -0.146. The summed E-state index contributed by atoms with van der Waals surface area (Å²) in [5.74, 6) is -2.58. The van der Waals surface area contributed by atoms with Gasteiger partial charge < -0.3 is 21.3 Å². The van der Waals surface area contributed by atoms with E-state index < -0.39 is 35.8 Å². The van der Waals surface area contributed by atoms with Gasteiger partial charge in [-0.25, -0.2) is 14.4 Å². The van der Waals surface area contributed by atoms with Gasteiger partial charge in [-0.1, -0.05) is 55.4 Å². The van der Waals surface area contributed by atoms with E-state index in [4.69, 9.17) is 0 Å². The third kappa shape index (κ3) is 14.8. The molecule has 0 spiro atoms. The molecule has 0 saturated carbocycles. The molecule has 16 heteroatoms. The zero-order valence-corrected chi connectivity index (χ0v) is 28.7. The van der Waals surface area contributed by atoms with Crippen LogP contribution in [0, 0.1) is 5.92 Å². The van der Waals surface area contributed by atoms with Gasteiger partial charge in [-0.15, -0.1) is 0 Å². The standard InChI is InChI=1S/C30H54N8O8/c1-9-23(39)35(27(43)21(5)6)17-14-32-28(44)37(25(41)11-3)19-16-34-30(46)38(26(42)12-4)20-15-33-29(45)36(24(40)10-2)18-13-31-22(7)8/h21-22,31H,9-20H2,1-8H3,(H,32,44)(H,33,45)(H,34,46). The Kier molecular flexibility index (Phi) is 20.4. The number of hydrogen-bond acceptors (Lipinski definition) is 9. The maximum Gasteiger partial charge on any atom is 0.324 e. The quantitative estimate of drug-likeness (QED) is 0.168. The number of hydrogen-bond donors (Lipinski definition) is 4. The van der Waals surface area contributed by atoms with Gasteiger partial charge >= 0.3 is 18.1 Å². The topological polar surface area (TPSA) is 198 Å². The van der Waals surface area contributed by atoms with Crippen LogP contribution in [0.15, 0.2) is 0 Å². The maximum absolute atomic E-state index is 12.9. The van der Waals surface area contributed by atoms with Crippen LogP contribution in [0.25, 0.3) is 0 Å². The van der Waals surface area contributed by atoms with E-state index in [1.165, 1.54) is 0 Å². The SMILES string of the molecule is CCC(=O)N(CCNC(=O)N(CCNC(C)C)C(=O)CC)C(=O)NCCN(C(=O)CC)C(=O)NCCN(C(=O)CC)C(=O)C(C)C. The van der Waals surface area contributed by atoms with Crippen LogP contribution < -0.4 is 21.3 Å². The first-order chi connectivity index (χ1) is 21.7. The molecule has 16 nitrogen and oxygen atoms in total. The molecule has 0 aliphatic heterocycles. The lowest BCUT2D eigenvalue weighted by Crippen LogP contribution is -2.52. The highest BCUT2D eigenvalue weighted by Gasteiger charge is 2.26. The van der Waals surface area contributed by atoms with E-state index in [1.54, 1.807) is 41.5 Å². The van der Waals surface area contributed by atoms with Gasteiger partial charge in [0.05, 0.1) is 0 Å². The van der Waals surface area contributed by atoms with Gasteiger partial charge in [-0.2, -0.15) is 0 Å². The molecule has 0 unspecified atom stereocenters. The Morgan fingerprint density at radius 3 is 1.02 bits per heavy atom. The lowest BCUT2D eigenvalue weighted by atomic mass is 10.2. The molecule has 0 atom stereocenters. The van der Waals surface area contributed by atoms with E-state index in [2.05, 4.69) is 21.3 Å². The summed E-state index contributed by atoms with van der Waals surface area (Å²) in [6, 6.07) is -2.02. The number of urea groups is 3. The summed E-state index contributed by atoms with van der Waals surface area (Å²) in [4.78, 5) is 104. The van der Waals surface area contributed by atoms with E-state index in [1.807, 2.05) is 13.8 Å². The van der Waals surface area contributed by atoms with Crippen LogP contribution in [0.2, 0.25) is 0 Å². The number of nitrogens with zero attached hydrogens (tertiary/aromatic N) is 4. The second-order valence-electron chi connectivity index (χ2n) is 10.9. The average molecular weight is 655 g/mol. The van der Waals surface area contributed by atoms with E-state index >= 15 is 0 Å². The predicted octanol–water partition coefficient (Wildman–Crippen LogP) is 1.25. The van der Waals surface area contributed by atoms with Crippen LogP contribution in [0.3, 0.4) is 0 Å². The molecule has 0 bridgehead atoms. The maximum atomic E-state index is 12.9. The molecule has 0 aliphatic rings. The number of rotatable bonds is 18. The number of amides is 11. The van der Waals surface area contributed by atoms with Gasteiger partial charge in [0.25, 0.3) is 0 Å². The van der Waals surface area contributed by atoms with Crippen LogP contribution in [0.5, 0.6) is 0 Å². The first-order valence-corrected chi connectivity index (χ1v) is 16.0. The van der Waals surface area contributed by atoms with Gasteiger partial charge in [-0.05, 0) is 0 Å². The first kappa shape index (κ1) is 41.9. The molecule has 0 fully saturated rings. The smallest absolute Gasteiger partial charge is 0.324 e. The Morgan fingerprint density at radius 1 is 0.457 bits per heavy atom. The van der Waals surface area contributed by atoms with Crippen LogP contribution in [0.1, 0.15) is 81.1 Å². The normalized spacial score (nSPS) is 10.7. The van der Waals surface area contributed by atoms with Crippen LogP contribution in [-0.2, 0) is 24.0 Å². The number of carbonyl (C=O) groups excluding carboxylic acids is 8. The van der Waals surface area contributed by atoms with E-state index in [9.17, 15) is 38.4 Å². The molecular weight excluding hydrogens is 600 g/mol. The zero-order valence-electron chi connectivity index (χ0n) is 28.7. The summed E-state index contributed by atoms with van der Waals surface area (Å²) in [6.07, 6.45) is 0.243. The van der Waals surface area contributed by atoms with Gasteiger partial charge in [0, 0.05) is 90.0 Å². The average Bonchev–Trinajstić information content (AvgIpc) is 3.03. The summed E-state index contributed by atoms with van der Waals surface area (Å²) in [5.41, 5.74) is 0. The number of carbonyl (C=O) groups is 8. The summed E-state index contributed by atoms with van der Waals surface area (Å²) in [7, 11) is 0. The fraction of sp³-hybridized carbons (Fsp3) is 0.733. The second kappa shape index (κ2) is 22.4. The van der Waals surface area contributed by atoms with Crippen molar-refractivity contribution in [3.05, 3.63) is 0 Å². The molecule has 0 saturated heterocycles. The van der Waals surface area contributed by atoms with Gasteiger partial charge in [0.1, 0.15) is 0 Å². The minimum absolute atomic E-state index is 0.00112. The fourth-order valence-corrected chi connectivity index (χ4v) is 4.03. The summed E-state index contributed by atoms with van der Waals surface area (Å²) < 4.78 is 0. The van der Waals surface area contributed by atoms with Crippen molar-refractivity contribution >= 4 is 47.6 Å². The van der Waals surface area contributed by atoms with E-state index in [0.717, 1.165) is 19.6 Å². The molecule has 0 aromatic rings. The molecule has 46 heavy (non-hydrogen) atoms. The predicted molar refractivity (Wildman–Crippen MR) is 171 cm³/mol. The van der Waals surface area contributed by atoms with Crippen LogP contribution in [0.4, 0.5) is 14.4 Å². The molecule has 0 rings (SSSR count). The second-order valence-corrected chi connectivity index (χ2v) is 10.9. The minimum Gasteiger partial charge on any atom is -0.336 e. The lowest BCUT2D eigenvalue weighted by Gasteiger charge is -2.25. The van der Waals surface area contributed by atoms with E-state index in [0.29, 0.717) is 6.54 Å². The molecule has 262 valence electrons. The summed E-state index contributed by atoms with van der Waals surface area (Å²) in [6.45, 7) is 13.3. The van der Waals surface area contributed by atoms with Gasteiger partial charge in [0.2, 0.25) is 29.5 Å². The van der Waals surface area contributed by atoms with E-state index in [-0.39, 0.29) is 95.3 Å². The Labute approximate surface area is 272 Å². The monoisotopic (exact) mass is 654 g/mol. The number of imide groups is 4. The third-order valence-corrected chi connectivity index (χ3v) is 6.63. The Balaban J connectivity index is 5.22. The third-order valence-electron chi connectivity index (χ3n) is 6.63. The summed E-state index contributed by atoms with van der Waals surface area (Å²) >= 11 is 0. The van der Waals surface area contributed by atoms with Crippen molar-refractivity contribution in [1.29, 1.82) is 0 Å². The highest BCUT2D eigenvalue weighted by molar-refractivity contribution is 5.97. The van der Waals surface area contributed by atoms with Crippen molar-refractivity contribution in [3.8, 4) is 0 Å². The van der Waals surface area contributed by atoms with Crippen molar-refractivity contribution < 1.29 is 38.4 Å². The van der Waals surface area contributed by atoms with Gasteiger partial charge in [0.15, 0.2) is 0 Å². The fourth-order valence-electron chi connectivity index (χ4n) is 4.03. The Morgan fingerprint density at radius 2 is 0.739 bits per heavy atom. The Hall–Kier alpha value is -4.08. The molecule has 0 heterocycles. The van der Waals surface area contributed by atoms with Gasteiger partial charge in [-0.3, -0.25) is 43.6 Å². The molecule has 0 aromatic heterocycles. The van der Waals surface area contributed by atoms with Crippen molar-refractivity contribution in [2.75, 3.05) is 52.4 Å². The molecule has 0 aromatic carbocycles. The van der Waals surface area contributed by atoms with Crippen molar-refractivity contribution in [2.24, 2.45) is 5.92 Å². The molecular formula is C30H54N8O8. The van der Waals surface area contributed by atoms with Crippen LogP contribution in [-0.4, -0.2) is 126 Å². The van der Waals surface area contributed by atoms with Crippen molar-refractivity contribution in [2.45, 2.75) is 87.1 Å². The zero-order chi connectivity index (χ0) is 35.4. The molecule has 0 radical (unpaired) electrons. The van der Waals surface area contributed by atoms with Crippen molar-refractivity contribution in [1.82, 2.24) is 40.9 Å². The Bertz CT molecular complexity index is 1070. The molecule has 4 N–H and O–H groups in total. The summed E-state index contributed by atoms with van der Waals surface area (Å²) in [5, 5.41) is 10.8. The molecule has 0 aliphatic carbocycles. The largest absolute Gasteiger partial charge is 0.336 e. The van der Waals surface area contributed by atoms with Crippen LogP contribution >= 0.6 is 0 Å². The highest BCUT2D eigenvalue weighted by atomic mass is 16.2. The minimum atomic E-state index is -0.783. The van der Waals surface area contributed by atoms with Crippen molar-refractivity contribution in [3.63, 3.8) is 0 Å². The number of nitrogens with one attached hydrogen (secondary N) is 4. The first-order valence-electron chi connectivity index (χ1n) is 16.0.